The molecule has 0 aliphatic rings. The summed E-state index contributed by atoms with van der Waals surface area (Å²) >= 11 is 0. The molecule has 7 heteroatoms. The lowest BCUT2D eigenvalue weighted by Gasteiger charge is -2.44. The normalized spacial score (nSPS) is 14.2. The molecule has 0 N–H and O–H groups in total. The number of allylic oxidation sites excluding steroid dienone is 1. The van der Waals surface area contributed by atoms with Crippen LogP contribution >= 0.6 is 12.4 Å². The van der Waals surface area contributed by atoms with Crippen molar-refractivity contribution in [3.05, 3.63) is 31.4 Å². The second-order valence-electron chi connectivity index (χ2n) is 4.70. The van der Waals surface area contributed by atoms with Crippen molar-refractivity contribution in [1.29, 1.82) is 0 Å². The average molecular weight is 349 g/mol. The summed E-state index contributed by atoms with van der Waals surface area (Å²) in [4.78, 5) is 4.18. The molecular weight excluding hydrogens is 320 g/mol. The minimum absolute atomic E-state index is 0. The summed E-state index contributed by atoms with van der Waals surface area (Å²) in [5.74, 6) is 0. The highest BCUT2D eigenvalue weighted by atomic mass is 35.5. The van der Waals surface area contributed by atoms with E-state index < -0.39 is 14.0 Å². The Bertz CT molecular complexity index is 400. The molecule has 0 aromatic carbocycles. The fourth-order valence-corrected chi connectivity index (χ4v) is 6.11. The number of aromatic nitrogens is 2. The van der Waals surface area contributed by atoms with Gasteiger partial charge in [-0.25, -0.2) is 4.98 Å². The molecule has 22 heavy (non-hydrogen) atoms. The van der Waals surface area contributed by atoms with E-state index in [4.69, 9.17) is 13.3 Å². The largest absolute Gasteiger partial charge is 0.532 e. The highest BCUT2D eigenvalue weighted by Gasteiger charge is 2.60. The maximum absolute atomic E-state index is 6.12. The van der Waals surface area contributed by atoms with Gasteiger partial charge in [0.05, 0.1) is 6.33 Å². The Balaban J connectivity index is 0.00000441. The van der Waals surface area contributed by atoms with Crippen LogP contribution in [0.5, 0.6) is 0 Å². The zero-order chi connectivity index (χ0) is 15.8. The molecule has 0 aliphatic heterocycles. The molecule has 5 nitrogen and oxygen atoms in total. The molecule has 0 bridgehead atoms. The molecule has 1 aromatic heterocycles. The van der Waals surface area contributed by atoms with Crippen molar-refractivity contribution in [2.45, 2.75) is 45.7 Å². The van der Waals surface area contributed by atoms with E-state index in [0.717, 1.165) is 12.8 Å². The zero-order valence-electron chi connectivity index (χ0n) is 14.1. The van der Waals surface area contributed by atoms with Gasteiger partial charge in [0, 0.05) is 32.2 Å². The number of hydrogen-bond donors (Lipinski definition) is 0. The van der Waals surface area contributed by atoms with Gasteiger partial charge in [0.25, 0.3) is 0 Å². The van der Waals surface area contributed by atoms with Crippen molar-refractivity contribution in [1.82, 2.24) is 9.55 Å². The first-order chi connectivity index (χ1) is 10.2. The van der Waals surface area contributed by atoms with Gasteiger partial charge in [-0.3, -0.25) is 0 Å². The molecule has 0 fully saturated rings. The second-order valence-corrected chi connectivity index (χ2v) is 7.55. The summed E-state index contributed by atoms with van der Waals surface area (Å²) in [6, 6.07) is 0. The van der Waals surface area contributed by atoms with Gasteiger partial charge >= 0.3 is 8.80 Å². The quantitative estimate of drug-likeness (QED) is 0.453. The third-order valence-corrected chi connectivity index (χ3v) is 7.25. The van der Waals surface area contributed by atoms with Gasteiger partial charge in [-0.15, -0.1) is 19.0 Å². The summed E-state index contributed by atoms with van der Waals surface area (Å²) in [6.45, 7) is 13.7. The van der Waals surface area contributed by atoms with E-state index in [1.165, 1.54) is 0 Å². The first kappa shape index (κ1) is 21.3. The molecule has 1 rings (SSSR count). The standard InChI is InChI=1S/C15H28N2O3Si.ClH/c1-6-11-15(7-2,17-13-12-16-14-17)21(18-8-3,19-9-4)20-10-5;/h7,12-14H,2,6,8-11H2,1,3-5H3;1H. The van der Waals surface area contributed by atoms with Crippen molar-refractivity contribution >= 4 is 21.2 Å². The van der Waals surface area contributed by atoms with Gasteiger partial charge in [0.1, 0.15) is 5.16 Å². The Morgan fingerprint density at radius 2 is 1.68 bits per heavy atom. The van der Waals surface area contributed by atoms with E-state index in [1.807, 2.05) is 37.6 Å². The van der Waals surface area contributed by atoms with Gasteiger partial charge in [-0.05, 0) is 27.2 Å². The minimum Gasteiger partial charge on any atom is -0.372 e. The Kier molecular flexibility index (Phi) is 9.87. The summed E-state index contributed by atoms with van der Waals surface area (Å²) in [7, 11) is -3.00. The molecule has 0 amide bonds. The molecular formula is C15H29ClN2O3Si. The van der Waals surface area contributed by atoms with E-state index in [0.29, 0.717) is 19.8 Å². The van der Waals surface area contributed by atoms with Crippen LogP contribution in [0.3, 0.4) is 0 Å². The van der Waals surface area contributed by atoms with E-state index in [-0.39, 0.29) is 12.4 Å². The first-order valence-corrected chi connectivity index (χ1v) is 9.42. The van der Waals surface area contributed by atoms with Gasteiger partial charge in [-0.1, -0.05) is 19.4 Å². The van der Waals surface area contributed by atoms with Crippen molar-refractivity contribution in [2.24, 2.45) is 0 Å². The first-order valence-electron chi connectivity index (χ1n) is 7.70. The molecule has 0 spiro atoms. The Labute approximate surface area is 141 Å². The highest BCUT2D eigenvalue weighted by molar-refractivity contribution is 6.64. The second kappa shape index (κ2) is 10.2. The molecule has 128 valence electrons. The summed E-state index contributed by atoms with van der Waals surface area (Å²) in [5.41, 5.74) is 0. The maximum atomic E-state index is 6.12. The van der Waals surface area contributed by atoms with Crippen LogP contribution in [-0.2, 0) is 18.4 Å². The molecule has 0 aliphatic carbocycles. The van der Waals surface area contributed by atoms with E-state index in [2.05, 4.69) is 18.5 Å². The van der Waals surface area contributed by atoms with E-state index in [9.17, 15) is 0 Å². The summed E-state index contributed by atoms with van der Waals surface area (Å²) in [6.07, 6.45) is 9.18. The molecule has 1 heterocycles. The Hall–Kier alpha value is -0.663. The summed E-state index contributed by atoms with van der Waals surface area (Å²) in [5, 5.41) is -0.528. The number of imidazole rings is 1. The molecule has 0 saturated carbocycles. The van der Waals surface area contributed by atoms with Crippen molar-refractivity contribution in [3.8, 4) is 0 Å². The van der Waals surface area contributed by atoms with Gasteiger partial charge < -0.3 is 17.8 Å². The lowest BCUT2D eigenvalue weighted by Crippen LogP contribution is -2.65. The highest BCUT2D eigenvalue weighted by Crippen LogP contribution is 2.37. The predicted octanol–water partition coefficient (Wildman–Crippen LogP) is 3.57. The van der Waals surface area contributed by atoms with Crippen LogP contribution in [0.4, 0.5) is 0 Å². The Morgan fingerprint density at radius 1 is 1.14 bits per heavy atom. The topological polar surface area (TPSA) is 45.5 Å². The SMILES string of the molecule is C=CC(CCC)(n1ccnc1)[Si](OCC)(OCC)OCC.Cl. The number of hydrogen-bond acceptors (Lipinski definition) is 4. The van der Waals surface area contributed by atoms with Crippen LogP contribution in [0.2, 0.25) is 0 Å². The number of nitrogens with zero attached hydrogens (tertiary/aromatic N) is 2. The van der Waals surface area contributed by atoms with Gasteiger partial charge in [0.15, 0.2) is 0 Å². The third-order valence-electron chi connectivity index (χ3n) is 3.47. The zero-order valence-corrected chi connectivity index (χ0v) is 15.9. The molecule has 1 atom stereocenters. The lowest BCUT2D eigenvalue weighted by atomic mass is 10.1. The predicted molar refractivity (Wildman–Crippen MR) is 93.2 cm³/mol. The van der Waals surface area contributed by atoms with Crippen LogP contribution < -0.4 is 0 Å². The van der Waals surface area contributed by atoms with Crippen LogP contribution in [0.25, 0.3) is 0 Å². The molecule has 0 saturated heterocycles. The van der Waals surface area contributed by atoms with Crippen molar-refractivity contribution in [3.63, 3.8) is 0 Å². The summed E-state index contributed by atoms with van der Waals surface area (Å²) < 4.78 is 20.4. The van der Waals surface area contributed by atoms with Crippen molar-refractivity contribution in [2.75, 3.05) is 19.8 Å². The fraction of sp³-hybridized carbons (Fsp3) is 0.667. The van der Waals surface area contributed by atoms with Gasteiger partial charge in [-0.2, -0.15) is 0 Å². The molecule has 1 unspecified atom stereocenters. The van der Waals surface area contributed by atoms with E-state index in [1.54, 1.807) is 12.5 Å². The third kappa shape index (κ3) is 4.00. The van der Waals surface area contributed by atoms with E-state index >= 15 is 0 Å². The van der Waals surface area contributed by atoms with Crippen LogP contribution in [0.1, 0.15) is 40.5 Å². The number of halogens is 1. The lowest BCUT2D eigenvalue weighted by molar-refractivity contribution is 0.0365. The molecule has 0 radical (unpaired) electrons. The minimum atomic E-state index is -3.00. The maximum Gasteiger partial charge on any atom is 0.532 e. The Morgan fingerprint density at radius 3 is 2.00 bits per heavy atom. The monoisotopic (exact) mass is 348 g/mol. The number of rotatable bonds is 11. The average Bonchev–Trinajstić information content (AvgIpc) is 3.00. The van der Waals surface area contributed by atoms with Crippen LogP contribution in [-0.4, -0.2) is 38.2 Å². The molecule has 1 aromatic rings. The fourth-order valence-electron chi connectivity index (χ4n) is 2.72. The van der Waals surface area contributed by atoms with Crippen molar-refractivity contribution < 1.29 is 13.3 Å². The smallest absolute Gasteiger partial charge is 0.372 e. The van der Waals surface area contributed by atoms with Gasteiger partial charge in [0.2, 0.25) is 0 Å². The van der Waals surface area contributed by atoms with Crippen LogP contribution in [0.15, 0.2) is 31.4 Å². The van der Waals surface area contributed by atoms with Crippen LogP contribution in [0, 0.1) is 0 Å².